The Morgan fingerprint density at radius 2 is 2.00 bits per heavy atom. The van der Waals surface area contributed by atoms with Crippen LogP contribution in [-0.4, -0.2) is 29.0 Å². The van der Waals surface area contributed by atoms with Gasteiger partial charge in [0.1, 0.15) is 0 Å². The van der Waals surface area contributed by atoms with Crippen LogP contribution in [0.5, 0.6) is 0 Å². The van der Waals surface area contributed by atoms with Gasteiger partial charge in [-0.1, -0.05) is 11.6 Å². The first kappa shape index (κ1) is 17.0. The third-order valence-electron chi connectivity index (χ3n) is 5.20. The first-order chi connectivity index (χ1) is 12.5. The van der Waals surface area contributed by atoms with Gasteiger partial charge in [-0.15, -0.1) is 0 Å². The summed E-state index contributed by atoms with van der Waals surface area (Å²) < 4.78 is 5.56. The maximum absolute atomic E-state index is 13.0. The molecular weight excluding hydrogens is 328 g/mol. The minimum atomic E-state index is -0.796. The van der Waals surface area contributed by atoms with E-state index >= 15 is 0 Å². The monoisotopic (exact) mass is 352 g/mol. The third-order valence-corrected chi connectivity index (χ3v) is 5.20. The van der Waals surface area contributed by atoms with E-state index in [0.717, 1.165) is 66.2 Å². The standard InChI is InChI=1S/C21H24N2O3/c1-12-7-10-18-16(11-12)19(15-5-3-4-6-17(15)23-18)21(25)26-13(2)20(24)22-14-8-9-14/h7,10-11,13-14H,3-6,8-9H2,1-2H3,(H,22,24). The third kappa shape index (κ3) is 3.30. The number of hydrogen-bond donors (Lipinski definition) is 1. The lowest BCUT2D eigenvalue weighted by atomic mass is 9.89. The molecule has 2 aromatic rings. The summed E-state index contributed by atoms with van der Waals surface area (Å²) in [5.74, 6) is -0.635. The number of amides is 1. The van der Waals surface area contributed by atoms with E-state index in [4.69, 9.17) is 9.72 Å². The molecule has 1 heterocycles. The molecule has 1 atom stereocenters. The Bertz CT molecular complexity index is 886. The average molecular weight is 352 g/mol. The number of aryl methyl sites for hydroxylation is 2. The van der Waals surface area contributed by atoms with Crippen molar-refractivity contribution in [2.24, 2.45) is 0 Å². The van der Waals surface area contributed by atoms with E-state index in [1.165, 1.54) is 0 Å². The van der Waals surface area contributed by atoms with Crippen LogP contribution < -0.4 is 5.32 Å². The van der Waals surface area contributed by atoms with Crippen LogP contribution in [0.4, 0.5) is 0 Å². The number of hydrogen-bond acceptors (Lipinski definition) is 4. The molecule has 1 fully saturated rings. The fourth-order valence-corrected chi connectivity index (χ4v) is 3.59. The van der Waals surface area contributed by atoms with E-state index in [0.29, 0.717) is 5.56 Å². The predicted octanol–water partition coefficient (Wildman–Crippen LogP) is 3.25. The van der Waals surface area contributed by atoms with Crippen molar-refractivity contribution in [3.63, 3.8) is 0 Å². The maximum atomic E-state index is 13.0. The Hall–Kier alpha value is -2.43. The average Bonchev–Trinajstić information content (AvgIpc) is 3.43. The highest BCUT2D eigenvalue weighted by molar-refractivity contribution is 6.06. The SMILES string of the molecule is Cc1ccc2nc3c(c(C(=O)OC(C)C(=O)NC4CC4)c2c1)CCCC3. The van der Waals surface area contributed by atoms with Gasteiger partial charge in [-0.2, -0.15) is 0 Å². The van der Waals surface area contributed by atoms with Gasteiger partial charge in [-0.3, -0.25) is 9.78 Å². The summed E-state index contributed by atoms with van der Waals surface area (Å²) in [5.41, 5.74) is 4.48. The molecule has 136 valence electrons. The maximum Gasteiger partial charge on any atom is 0.339 e. The molecular formula is C21H24N2O3. The van der Waals surface area contributed by atoms with E-state index in [1.807, 2.05) is 25.1 Å². The summed E-state index contributed by atoms with van der Waals surface area (Å²) in [7, 11) is 0. The van der Waals surface area contributed by atoms with Gasteiger partial charge in [0.25, 0.3) is 5.91 Å². The second-order valence-electron chi connectivity index (χ2n) is 7.47. The number of carbonyl (C=O) groups is 2. The summed E-state index contributed by atoms with van der Waals surface area (Å²) in [6, 6.07) is 6.20. The first-order valence-corrected chi connectivity index (χ1v) is 9.46. The van der Waals surface area contributed by atoms with E-state index < -0.39 is 12.1 Å². The number of pyridine rings is 1. The second-order valence-corrected chi connectivity index (χ2v) is 7.47. The Kier molecular flexibility index (Phi) is 4.39. The molecule has 1 aromatic carbocycles. The molecule has 4 rings (SSSR count). The molecule has 2 aliphatic rings. The lowest BCUT2D eigenvalue weighted by molar-refractivity contribution is -0.129. The van der Waals surface area contributed by atoms with Gasteiger partial charge in [0.2, 0.25) is 0 Å². The lowest BCUT2D eigenvalue weighted by Gasteiger charge is -2.21. The van der Waals surface area contributed by atoms with Crippen molar-refractivity contribution in [3.8, 4) is 0 Å². The van der Waals surface area contributed by atoms with E-state index in [-0.39, 0.29) is 11.9 Å². The van der Waals surface area contributed by atoms with Gasteiger partial charge in [-0.25, -0.2) is 4.79 Å². The van der Waals surface area contributed by atoms with Crippen LogP contribution in [0.25, 0.3) is 10.9 Å². The smallest absolute Gasteiger partial charge is 0.339 e. The largest absolute Gasteiger partial charge is 0.449 e. The number of rotatable bonds is 4. The van der Waals surface area contributed by atoms with Crippen molar-refractivity contribution in [3.05, 3.63) is 40.6 Å². The Morgan fingerprint density at radius 1 is 1.23 bits per heavy atom. The Labute approximate surface area is 153 Å². The van der Waals surface area contributed by atoms with Crippen LogP contribution in [0.3, 0.4) is 0 Å². The fraction of sp³-hybridized carbons (Fsp3) is 0.476. The molecule has 0 radical (unpaired) electrons. The lowest BCUT2D eigenvalue weighted by Crippen LogP contribution is -2.37. The zero-order chi connectivity index (χ0) is 18.3. The second kappa shape index (κ2) is 6.71. The van der Waals surface area contributed by atoms with Crippen LogP contribution in [0, 0.1) is 6.92 Å². The summed E-state index contributed by atoms with van der Waals surface area (Å²) in [5, 5.41) is 3.72. The Balaban J connectivity index is 1.70. The molecule has 0 spiro atoms. The van der Waals surface area contributed by atoms with Gasteiger partial charge in [0.15, 0.2) is 6.10 Å². The molecule has 1 aromatic heterocycles. The van der Waals surface area contributed by atoms with Gasteiger partial charge in [-0.05, 0) is 70.1 Å². The highest BCUT2D eigenvalue weighted by Crippen LogP contribution is 2.30. The number of nitrogens with zero attached hydrogens (tertiary/aromatic N) is 1. The van der Waals surface area contributed by atoms with Gasteiger partial charge in [0.05, 0.1) is 11.1 Å². The minimum Gasteiger partial charge on any atom is -0.449 e. The molecule has 1 N–H and O–H groups in total. The topological polar surface area (TPSA) is 68.3 Å². The van der Waals surface area contributed by atoms with Gasteiger partial charge < -0.3 is 10.1 Å². The zero-order valence-electron chi connectivity index (χ0n) is 15.3. The molecule has 0 aliphatic heterocycles. The molecule has 5 nitrogen and oxygen atoms in total. The zero-order valence-corrected chi connectivity index (χ0v) is 15.3. The molecule has 26 heavy (non-hydrogen) atoms. The molecule has 0 bridgehead atoms. The first-order valence-electron chi connectivity index (χ1n) is 9.46. The van der Waals surface area contributed by atoms with E-state index in [9.17, 15) is 9.59 Å². The summed E-state index contributed by atoms with van der Waals surface area (Å²) in [6.07, 6.45) is 5.07. The summed E-state index contributed by atoms with van der Waals surface area (Å²) in [6.45, 7) is 3.64. The van der Waals surface area contributed by atoms with E-state index in [2.05, 4.69) is 5.32 Å². The molecule has 1 unspecified atom stereocenters. The van der Waals surface area contributed by atoms with Crippen molar-refractivity contribution in [2.75, 3.05) is 0 Å². The van der Waals surface area contributed by atoms with Crippen molar-refractivity contribution >= 4 is 22.8 Å². The van der Waals surface area contributed by atoms with Crippen LogP contribution in [0.15, 0.2) is 18.2 Å². The van der Waals surface area contributed by atoms with Crippen LogP contribution in [0.2, 0.25) is 0 Å². The minimum absolute atomic E-state index is 0.218. The number of nitrogens with one attached hydrogen (secondary N) is 1. The number of benzene rings is 1. The molecule has 2 aliphatic carbocycles. The van der Waals surface area contributed by atoms with E-state index in [1.54, 1.807) is 6.92 Å². The number of ether oxygens (including phenoxy) is 1. The predicted molar refractivity (Wildman–Crippen MR) is 99.2 cm³/mol. The normalized spacial score (nSPS) is 17.5. The number of fused-ring (bicyclic) bond motifs is 2. The van der Waals surface area contributed by atoms with Gasteiger partial charge >= 0.3 is 5.97 Å². The number of aromatic nitrogens is 1. The molecule has 5 heteroatoms. The van der Waals surface area contributed by atoms with Crippen molar-refractivity contribution in [1.29, 1.82) is 0 Å². The van der Waals surface area contributed by atoms with Crippen LogP contribution >= 0.6 is 0 Å². The summed E-state index contributed by atoms with van der Waals surface area (Å²) in [4.78, 5) is 30.0. The fourth-order valence-electron chi connectivity index (χ4n) is 3.59. The van der Waals surface area contributed by atoms with Crippen molar-refractivity contribution in [1.82, 2.24) is 10.3 Å². The van der Waals surface area contributed by atoms with Crippen molar-refractivity contribution in [2.45, 2.75) is 64.5 Å². The van der Waals surface area contributed by atoms with Gasteiger partial charge in [0, 0.05) is 17.1 Å². The molecule has 1 saturated carbocycles. The number of carbonyl (C=O) groups excluding carboxylic acids is 2. The quantitative estimate of drug-likeness (QED) is 0.858. The summed E-state index contributed by atoms with van der Waals surface area (Å²) >= 11 is 0. The van der Waals surface area contributed by atoms with Crippen LogP contribution in [0.1, 0.15) is 59.8 Å². The highest BCUT2D eigenvalue weighted by Gasteiger charge is 2.29. The van der Waals surface area contributed by atoms with Crippen molar-refractivity contribution < 1.29 is 14.3 Å². The Morgan fingerprint density at radius 3 is 2.77 bits per heavy atom. The molecule has 1 amide bonds. The molecule has 0 saturated heterocycles. The number of esters is 1. The van der Waals surface area contributed by atoms with Crippen LogP contribution in [-0.2, 0) is 22.4 Å². The highest BCUT2D eigenvalue weighted by atomic mass is 16.5.